The van der Waals surface area contributed by atoms with Crippen LogP contribution in [0.3, 0.4) is 0 Å². The normalized spacial score (nSPS) is 17.0. The summed E-state index contributed by atoms with van der Waals surface area (Å²) in [6.45, 7) is 0.289. The highest BCUT2D eigenvalue weighted by Gasteiger charge is 2.26. The van der Waals surface area contributed by atoms with Crippen LogP contribution in [-0.2, 0) is 4.74 Å². The first kappa shape index (κ1) is 15.2. The number of benzene rings is 1. The van der Waals surface area contributed by atoms with Crippen LogP contribution in [0.15, 0.2) is 12.1 Å². The van der Waals surface area contributed by atoms with Gasteiger partial charge in [0.15, 0.2) is 11.5 Å². The van der Waals surface area contributed by atoms with Crippen molar-refractivity contribution < 1.29 is 23.7 Å². The zero-order chi connectivity index (χ0) is 13.1. The van der Waals surface area contributed by atoms with E-state index in [1.165, 1.54) is 0 Å². The van der Waals surface area contributed by atoms with Gasteiger partial charge in [0.2, 0.25) is 5.75 Å². The van der Waals surface area contributed by atoms with E-state index in [0.29, 0.717) is 17.2 Å². The number of carbonyl (C=O) groups excluding carboxylic acids is 1. The van der Waals surface area contributed by atoms with E-state index in [0.717, 1.165) is 5.56 Å². The maximum absolute atomic E-state index is 11.0. The molecule has 7 heteroatoms. The van der Waals surface area contributed by atoms with Crippen molar-refractivity contribution in [1.82, 2.24) is 5.32 Å². The average Bonchev–Trinajstić information content (AvgIpc) is 2.83. The number of nitrogens with one attached hydrogen (secondary N) is 1. The minimum absolute atomic E-state index is 0. The minimum Gasteiger partial charge on any atom is -0.493 e. The van der Waals surface area contributed by atoms with Crippen molar-refractivity contribution in [2.75, 3.05) is 27.9 Å². The number of halogens is 1. The van der Waals surface area contributed by atoms with Crippen LogP contribution in [0.25, 0.3) is 0 Å². The highest BCUT2D eigenvalue weighted by molar-refractivity contribution is 5.85. The Morgan fingerprint density at radius 1 is 1.16 bits per heavy atom. The molecule has 1 aromatic carbocycles. The van der Waals surface area contributed by atoms with E-state index in [4.69, 9.17) is 18.9 Å². The maximum Gasteiger partial charge on any atom is 0.407 e. The van der Waals surface area contributed by atoms with E-state index < -0.39 is 6.09 Å². The summed E-state index contributed by atoms with van der Waals surface area (Å²) >= 11 is 0. The molecule has 0 bridgehead atoms. The number of hydrogen-bond acceptors (Lipinski definition) is 5. The molecule has 1 fully saturated rings. The zero-order valence-electron chi connectivity index (χ0n) is 10.9. The van der Waals surface area contributed by atoms with Crippen LogP contribution in [0, 0.1) is 0 Å². The largest absolute Gasteiger partial charge is 0.493 e. The molecule has 1 saturated heterocycles. The summed E-state index contributed by atoms with van der Waals surface area (Å²) in [5, 5.41) is 2.70. The highest BCUT2D eigenvalue weighted by Crippen LogP contribution is 2.40. The summed E-state index contributed by atoms with van der Waals surface area (Å²) in [5.74, 6) is 1.62. The fourth-order valence-electron chi connectivity index (χ4n) is 1.87. The van der Waals surface area contributed by atoms with Crippen molar-refractivity contribution in [3.05, 3.63) is 17.7 Å². The third kappa shape index (κ3) is 2.96. The Kier molecular flexibility index (Phi) is 5.11. The van der Waals surface area contributed by atoms with Gasteiger partial charge >= 0.3 is 6.09 Å². The van der Waals surface area contributed by atoms with Crippen LogP contribution in [-0.4, -0.2) is 34.0 Å². The van der Waals surface area contributed by atoms with E-state index in [1.807, 2.05) is 0 Å². The lowest BCUT2D eigenvalue weighted by Gasteiger charge is -2.16. The summed E-state index contributed by atoms with van der Waals surface area (Å²) in [7, 11) is 4.64. The van der Waals surface area contributed by atoms with Crippen molar-refractivity contribution in [2.24, 2.45) is 0 Å². The molecule has 1 heterocycles. The third-order valence-corrected chi connectivity index (χ3v) is 2.76. The second kappa shape index (κ2) is 6.38. The molecule has 6 nitrogen and oxygen atoms in total. The number of ether oxygens (including phenoxy) is 4. The van der Waals surface area contributed by atoms with Gasteiger partial charge in [-0.2, -0.15) is 0 Å². The SMILES string of the molecule is COc1cc([C@H]2COC(=O)N2)cc(OC)c1OC.Cl. The lowest BCUT2D eigenvalue weighted by atomic mass is 10.1. The minimum atomic E-state index is -0.422. The summed E-state index contributed by atoms with van der Waals surface area (Å²) in [4.78, 5) is 11.0. The smallest absolute Gasteiger partial charge is 0.407 e. The van der Waals surface area contributed by atoms with E-state index in [2.05, 4.69) is 5.32 Å². The predicted octanol–water partition coefficient (Wildman–Crippen LogP) is 1.92. The van der Waals surface area contributed by atoms with Gasteiger partial charge in [-0.05, 0) is 17.7 Å². The van der Waals surface area contributed by atoms with Crippen LogP contribution >= 0.6 is 12.4 Å². The summed E-state index contributed by atoms with van der Waals surface area (Å²) in [6, 6.07) is 3.38. The molecule has 0 aromatic heterocycles. The Balaban J connectivity index is 0.00000180. The molecule has 1 aliphatic heterocycles. The van der Waals surface area contributed by atoms with Crippen molar-refractivity contribution in [3.63, 3.8) is 0 Å². The molecule has 0 aliphatic carbocycles. The Morgan fingerprint density at radius 3 is 2.11 bits per heavy atom. The molecule has 1 N–H and O–H groups in total. The number of alkyl carbamates (subject to hydrolysis) is 1. The lowest BCUT2D eigenvalue weighted by Crippen LogP contribution is -2.18. The van der Waals surface area contributed by atoms with Crippen molar-refractivity contribution in [1.29, 1.82) is 0 Å². The Bertz CT molecular complexity index is 440. The van der Waals surface area contributed by atoms with Gasteiger partial charge in [-0.1, -0.05) is 0 Å². The summed E-state index contributed by atoms with van der Waals surface area (Å²) < 4.78 is 20.6. The number of amides is 1. The van der Waals surface area contributed by atoms with E-state index in [9.17, 15) is 4.79 Å². The lowest BCUT2D eigenvalue weighted by molar-refractivity contribution is 0.177. The van der Waals surface area contributed by atoms with Crippen LogP contribution in [0.2, 0.25) is 0 Å². The summed E-state index contributed by atoms with van der Waals surface area (Å²) in [6.07, 6.45) is -0.422. The Morgan fingerprint density at radius 2 is 1.74 bits per heavy atom. The number of rotatable bonds is 4. The van der Waals surface area contributed by atoms with Gasteiger partial charge in [0.1, 0.15) is 6.61 Å². The van der Waals surface area contributed by atoms with E-state index in [-0.39, 0.29) is 25.1 Å². The fourth-order valence-corrected chi connectivity index (χ4v) is 1.87. The molecular formula is C12H16ClNO5. The number of hydrogen-bond donors (Lipinski definition) is 1. The number of carbonyl (C=O) groups is 1. The van der Waals surface area contributed by atoms with E-state index >= 15 is 0 Å². The summed E-state index contributed by atoms with van der Waals surface area (Å²) in [5.41, 5.74) is 0.843. The molecule has 0 spiro atoms. The molecule has 0 radical (unpaired) electrons. The second-order valence-electron chi connectivity index (χ2n) is 3.75. The Hall–Kier alpha value is -1.82. The van der Waals surface area contributed by atoms with Gasteiger partial charge in [-0.25, -0.2) is 4.79 Å². The molecule has 0 saturated carbocycles. The maximum atomic E-state index is 11.0. The van der Waals surface area contributed by atoms with Gasteiger partial charge in [-0.15, -0.1) is 12.4 Å². The molecule has 1 aromatic rings. The van der Waals surface area contributed by atoms with Crippen LogP contribution in [0.4, 0.5) is 4.79 Å². The van der Waals surface area contributed by atoms with Crippen molar-refractivity contribution >= 4 is 18.5 Å². The van der Waals surface area contributed by atoms with Gasteiger partial charge in [0.25, 0.3) is 0 Å². The van der Waals surface area contributed by atoms with Gasteiger partial charge in [0, 0.05) is 0 Å². The topological polar surface area (TPSA) is 66.0 Å². The standard InChI is InChI=1S/C12H15NO5.ClH/c1-15-9-4-7(8-6-18-12(14)13-8)5-10(16-2)11(9)17-3;/h4-5,8H,6H2,1-3H3,(H,13,14);1H/t8-;/m1./s1. The first-order chi connectivity index (χ1) is 8.69. The molecular weight excluding hydrogens is 274 g/mol. The fraction of sp³-hybridized carbons (Fsp3) is 0.417. The third-order valence-electron chi connectivity index (χ3n) is 2.76. The highest BCUT2D eigenvalue weighted by atomic mass is 35.5. The molecule has 2 rings (SSSR count). The second-order valence-corrected chi connectivity index (χ2v) is 3.75. The first-order valence-corrected chi connectivity index (χ1v) is 5.42. The molecule has 0 unspecified atom stereocenters. The molecule has 106 valence electrons. The molecule has 19 heavy (non-hydrogen) atoms. The Labute approximate surface area is 117 Å². The molecule has 1 amide bonds. The molecule has 1 atom stereocenters. The number of methoxy groups -OCH3 is 3. The van der Waals surface area contributed by atoms with Crippen LogP contribution < -0.4 is 19.5 Å². The first-order valence-electron chi connectivity index (χ1n) is 5.42. The zero-order valence-corrected chi connectivity index (χ0v) is 11.7. The van der Waals surface area contributed by atoms with Gasteiger partial charge in [0.05, 0.1) is 27.4 Å². The van der Waals surface area contributed by atoms with Crippen LogP contribution in [0.1, 0.15) is 11.6 Å². The number of cyclic esters (lactones) is 1. The van der Waals surface area contributed by atoms with Gasteiger partial charge < -0.3 is 24.3 Å². The van der Waals surface area contributed by atoms with Crippen molar-refractivity contribution in [3.8, 4) is 17.2 Å². The van der Waals surface area contributed by atoms with Crippen LogP contribution in [0.5, 0.6) is 17.2 Å². The monoisotopic (exact) mass is 289 g/mol. The molecule has 1 aliphatic rings. The van der Waals surface area contributed by atoms with E-state index in [1.54, 1.807) is 33.5 Å². The average molecular weight is 290 g/mol. The van der Waals surface area contributed by atoms with Gasteiger partial charge in [-0.3, -0.25) is 0 Å². The van der Waals surface area contributed by atoms with Crippen molar-refractivity contribution in [2.45, 2.75) is 6.04 Å². The quantitative estimate of drug-likeness (QED) is 0.917. The predicted molar refractivity (Wildman–Crippen MR) is 70.6 cm³/mol.